The second kappa shape index (κ2) is 6.04. The number of ether oxygens (including phenoxy) is 1. The summed E-state index contributed by atoms with van der Waals surface area (Å²) in [5.41, 5.74) is 1.27. The first-order valence-electron chi connectivity index (χ1n) is 4.65. The van der Waals surface area contributed by atoms with Crippen LogP contribution in [-0.2, 0) is 5.33 Å². The molecule has 1 aromatic carbocycles. The van der Waals surface area contributed by atoms with Crippen molar-refractivity contribution >= 4 is 15.9 Å². The normalized spacial score (nSPS) is 10.6. The van der Waals surface area contributed by atoms with Crippen molar-refractivity contribution in [2.75, 3.05) is 27.2 Å². The SMILES string of the molecule is CN(C)CCOc1ccc(CBr)cc1. The lowest BCUT2D eigenvalue weighted by atomic mass is 10.2. The van der Waals surface area contributed by atoms with E-state index in [0.717, 1.165) is 24.2 Å². The van der Waals surface area contributed by atoms with Gasteiger partial charge in [0.05, 0.1) is 0 Å². The average molecular weight is 258 g/mol. The molecule has 0 radical (unpaired) electrons. The molecule has 0 N–H and O–H groups in total. The topological polar surface area (TPSA) is 12.5 Å². The largest absolute Gasteiger partial charge is 0.492 e. The molecule has 0 aromatic heterocycles. The lowest BCUT2D eigenvalue weighted by Crippen LogP contribution is -2.19. The maximum atomic E-state index is 5.56. The van der Waals surface area contributed by atoms with Crippen molar-refractivity contribution in [2.24, 2.45) is 0 Å². The number of alkyl halides is 1. The van der Waals surface area contributed by atoms with Crippen LogP contribution >= 0.6 is 15.9 Å². The van der Waals surface area contributed by atoms with Gasteiger partial charge in [-0.3, -0.25) is 0 Å². The number of rotatable bonds is 5. The van der Waals surface area contributed by atoms with Crippen LogP contribution in [0.15, 0.2) is 24.3 Å². The van der Waals surface area contributed by atoms with Gasteiger partial charge in [-0.05, 0) is 31.8 Å². The van der Waals surface area contributed by atoms with Crippen LogP contribution in [-0.4, -0.2) is 32.1 Å². The summed E-state index contributed by atoms with van der Waals surface area (Å²) in [5, 5.41) is 0.894. The lowest BCUT2D eigenvalue weighted by molar-refractivity contribution is 0.261. The Bertz CT molecular complexity index is 258. The van der Waals surface area contributed by atoms with Crippen LogP contribution < -0.4 is 4.74 Å². The molecule has 0 saturated carbocycles. The van der Waals surface area contributed by atoms with Crippen molar-refractivity contribution in [3.8, 4) is 5.75 Å². The minimum Gasteiger partial charge on any atom is -0.492 e. The van der Waals surface area contributed by atoms with E-state index < -0.39 is 0 Å². The van der Waals surface area contributed by atoms with Crippen molar-refractivity contribution in [3.05, 3.63) is 29.8 Å². The Hall–Kier alpha value is -0.540. The van der Waals surface area contributed by atoms with Crippen LogP contribution in [0.25, 0.3) is 0 Å². The quantitative estimate of drug-likeness (QED) is 0.752. The zero-order chi connectivity index (χ0) is 10.4. The van der Waals surface area contributed by atoms with Crippen LogP contribution in [0.5, 0.6) is 5.75 Å². The van der Waals surface area contributed by atoms with Crippen molar-refractivity contribution < 1.29 is 4.74 Å². The molecule has 1 rings (SSSR count). The van der Waals surface area contributed by atoms with Crippen LogP contribution in [0.4, 0.5) is 0 Å². The molecule has 0 bridgehead atoms. The molecule has 3 heteroatoms. The van der Waals surface area contributed by atoms with Crippen molar-refractivity contribution in [2.45, 2.75) is 5.33 Å². The third-order valence-corrected chi connectivity index (χ3v) is 2.53. The summed E-state index contributed by atoms with van der Waals surface area (Å²) in [6.45, 7) is 1.68. The van der Waals surface area contributed by atoms with Gasteiger partial charge in [0, 0.05) is 11.9 Å². The number of hydrogen-bond donors (Lipinski definition) is 0. The Morgan fingerprint density at radius 1 is 1.21 bits per heavy atom. The van der Waals surface area contributed by atoms with Gasteiger partial charge in [-0.2, -0.15) is 0 Å². The third-order valence-electron chi connectivity index (χ3n) is 1.88. The van der Waals surface area contributed by atoms with Crippen LogP contribution in [0.2, 0.25) is 0 Å². The van der Waals surface area contributed by atoms with Crippen LogP contribution in [0.3, 0.4) is 0 Å². The van der Waals surface area contributed by atoms with Crippen LogP contribution in [0, 0.1) is 0 Å². The highest BCUT2D eigenvalue weighted by molar-refractivity contribution is 9.08. The number of halogens is 1. The molecular weight excluding hydrogens is 242 g/mol. The molecule has 78 valence electrons. The predicted octanol–water partition coefficient (Wildman–Crippen LogP) is 2.52. The maximum absolute atomic E-state index is 5.56. The molecule has 0 fully saturated rings. The lowest BCUT2D eigenvalue weighted by Gasteiger charge is -2.10. The average Bonchev–Trinajstić information content (AvgIpc) is 2.18. The number of nitrogens with zero attached hydrogens (tertiary/aromatic N) is 1. The Morgan fingerprint density at radius 3 is 2.36 bits per heavy atom. The minimum atomic E-state index is 0.737. The fourth-order valence-electron chi connectivity index (χ4n) is 1.02. The maximum Gasteiger partial charge on any atom is 0.119 e. The summed E-state index contributed by atoms with van der Waals surface area (Å²) in [4.78, 5) is 2.10. The smallest absolute Gasteiger partial charge is 0.119 e. The zero-order valence-electron chi connectivity index (χ0n) is 8.66. The molecule has 0 heterocycles. The van der Waals surface area contributed by atoms with Crippen molar-refractivity contribution in [1.29, 1.82) is 0 Å². The van der Waals surface area contributed by atoms with Gasteiger partial charge in [-0.25, -0.2) is 0 Å². The first-order chi connectivity index (χ1) is 6.72. The summed E-state index contributed by atoms with van der Waals surface area (Å²) in [6.07, 6.45) is 0. The van der Waals surface area contributed by atoms with Gasteiger partial charge < -0.3 is 9.64 Å². The van der Waals surface area contributed by atoms with E-state index in [1.54, 1.807) is 0 Å². The van der Waals surface area contributed by atoms with Crippen molar-refractivity contribution in [1.82, 2.24) is 4.90 Å². The monoisotopic (exact) mass is 257 g/mol. The second-order valence-electron chi connectivity index (χ2n) is 3.43. The highest BCUT2D eigenvalue weighted by Gasteiger charge is 1.95. The zero-order valence-corrected chi connectivity index (χ0v) is 10.3. The molecule has 0 atom stereocenters. The summed E-state index contributed by atoms with van der Waals surface area (Å²) < 4.78 is 5.56. The summed E-state index contributed by atoms with van der Waals surface area (Å²) >= 11 is 3.41. The van der Waals surface area contributed by atoms with Gasteiger partial charge in [-0.15, -0.1) is 0 Å². The van der Waals surface area contributed by atoms with Gasteiger partial charge in [0.2, 0.25) is 0 Å². The van der Waals surface area contributed by atoms with Gasteiger partial charge in [0.25, 0.3) is 0 Å². The first kappa shape index (κ1) is 11.5. The molecule has 14 heavy (non-hydrogen) atoms. The number of hydrogen-bond acceptors (Lipinski definition) is 2. The molecule has 0 spiro atoms. The minimum absolute atomic E-state index is 0.737. The first-order valence-corrected chi connectivity index (χ1v) is 5.77. The van der Waals surface area contributed by atoms with E-state index in [1.165, 1.54) is 5.56 Å². The molecule has 0 aliphatic heterocycles. The Morgan fingerprint density at radius 2 is 1.86 bits per heavy atom. The molecular formula is C11H16BrNO. The summed E-state index contributed by atoms with van der Waals surface area (Å²) in [6, 6.07) is 8.15. The molecule has 0 aliphatic rings. The fraction of sp³-hybridized carbons (Fsp3) is 0.455. The Balaban J connectivity index is 2.36. The number of benzene rings is 1. The third kappa shape index (κ3) is 4.11. The van der Waals surface area contributed by atoms with Gasteiger partial charge in [-0.1, -0.05) is 28.1 Å². The van der Waals surface area contributed by atoms with Gasteiger partial charge in [0.1, 0.15) is 12.4 Å². The second-order valence-corrected chi connectivity index (χ2v) is 3.99. The molecule has 1 aromatic rings. The molecule has 0 unspecified atom stereocenters. The van der Waals surface area contributed by atoms with E-state index in [-0.39, 0.29) is 0 Å². The molecule has 0 saturated heterocycles. The van der Waals surface area contributed by atoms with E-state index in [9.17, 15) is 0 Å². The Labute approximate surface area is 94.0 Å². The standard InChI is InChI=1S/C11H16BrNO/c1-13(2)7-8-14-11-5-3-10(9-12)4-6-11/h3-6H,7-9H2,1-2H3. The van der Waals surface area contributed by atoms with E-state index >= 15 is 0 Å². The van der Waals surface area contributed by atoms with Gasteiger partial charge >= 0.3 is 0 Å². The fourth-order valence-corrected chi connectivity index (χ4v) is 1.39. The van der Waals surface area contributed by atoms with Gasteiger partial charge in [0.15, 0.2) is 0 Å². The predicted molar refractivity (Wildman–Crippen MR) is 63.1 cm³/mol. The highest BCUT2D eigenvalue weighted by Crippen LogP contribution is 2.13. The molecule has 2 nitrogen and oxygen atoms in total. The van der Waals surface area contributed by atoms with E-state index in [1.807, 2.05) is 26.2 Å². The molecule has 0 amide bonds. The Kier molecular flexibility index (Phi) is 4.98. The highest BCUT2D eigenvalue weighted by atomic mass is 79.9. The van der Waals surface area contributed by atoms with Crippen molar-refractivity contribution in [3.63, 3.8) is 0 Å². The van der Waals surface area contributed by atoms with E-state index in [2.05, 4.69) is 33.0 Å². The van der Waals surface area contributed by atoms with E-state index in [0.29, 0.717) is 0 Å². The molecule has 0 aliphatic carbocycles. The number of likely N-dealkylation sites (N-methyl/N-ethyl adjacent to an activating group) is 1. The van der Waals surface area contributed by atoms with Crippen LogP contribution in [0.1, 0.15) is 5.56 Å². The van der Waals surface area contributed by atoms with E-state index in [4.69, 9.17) is 4.74 Å². The summed E-state index contributed by atoms with van der Waals surface area (Å²) in [7, 11) is 4.08. The summed E-state index contributed by atoms with van der Waals surface area (Å²) in [5.74, 6) is 0.941.